The Morgan fingerprint density at radius 1 is 1.19 bits per heavy atom. The minimum Gasteiger partial charge on any atom is -0.493 e. The van der Waals surface area contributed by atoms with Gasteiger partial charge in [0.25, 0.3) is 0 Å². The molecule has 0 saturated heterocycles. The summed E-state index contributed by atoms with van der Waals surface area (Å²) in [7, 11) is 4.98. The van der Waals surface area contributed by atoms with Crippen molar-refractivity contribution in [1.82, 2.24) is 19.7 Å². The first-order valence-corrected chi connectivity index (χ1v) is 10.9. The Hall–Kier alpha value is -2.94. The van der Waals surface area contributed by atoms with Gasteiger partial charge in [-0.25, -0.2) is 0 Å². The van der Waals surface area contributed by atoms with Crippen molar-refractivity contribution in [3.8, 4) is 11.5 Å². The number of hydrogen-bond donors (Lipinski definition) is 0. The first-order valence-electron chi connectivity index (χ1n) is 9.96. The zero-order chi connectivity index (χ0) is 22.4. The fourth-order valence-electron chi connectivity index (χ4n) is 3.12. The summed E-state index contributed by atoms with van der Waals surface area (Å²) in [6.07, 6.45) is 1.65. The Labute approximate surface area is 186 Å². The van der Waals surface area contributed by atoms with Gasteiger partial charge in [-0.15, -0.1) is 10.2 Å². The molecule has 0 saturated carbocycles. The number of ether oxygens (including phenoxy) is 2. The highest BCUT2D eigenvalue weighted by Gasteiger charge is 2.19. The summed E-state index contributed by atoms with van der Waals surface area (Å²) in [6.45, 7) is 5.14. The fraction of sp³-hybridized carbons (Fsp3) is 0.409. The third-order valence-corrected chi connectivity index (χ3v) is 5.73. The number of carbonyl (C=O) groups is 1. The molecule has 0 aliphatic carbocycles. The molecule has 2 aromatic heterocycles. The van der Waals surface area contributed by atoms with Crippen LogP contribution in [0.15, 0.2) is 46.2 Å². The topological polar surface area (TPSA) is 82.6 Å². The van der Waals surface area contributed by atoms with Crippen LogP contribution in [-0.2, 0) is 17.9 Å². The van der Waals surface area contributed by atoms with Gasteiger partial charge >= 0.3 is 0 Å². The Morgan fingerprint density at radius 3 is 2.61 bits per heavy atom. The average Bonchev–Trinajstić information content (AvgIpc) is 3.42. The van der Waals surface area contributed by atoms with E-state index in [1.54, 1.807) is 32.4 Å². The lowest BCUT2D eigenvalue weighted by atomic mass is 10.2. The molecule has 3 rings (SSSR count). The highest BCUT2D eigenvalue weighted by molar-refractivity contribution is 7.99. The van der Waals surface area contributed by atoms with Crippen molar-refractivity contribution in [3.63, 3.8) is 0 Å². The Kier molecular flexibility index (Phi) is 7.62. The summed E-state index contributed by atoms with van der Waals surface area (Å²) in [5.41, 5.74) is 0.960. The number of aromatic nitrogens is 3. The maximum atomic E-state index is 12.7. The van der Waals surface area contributed by atoms with E-state index in [9.17, 15) is 4.79 Å². The molecule has 1 aromatic carbocycles. The molecule has 0 spiro atoms. The van der Waals surface area contributed by atoms with Crippen LogP contribution >= 0.6 is 11.8 Å². The van der Waals surface area contributed by atoms with E-state index in [0.29, 0.717) is 29.7 Å². The van der Waals surface area contributed by atoms with Gasteiger partial charge in [0.2, 0.25) is 5.91 Å². The number of benzene rings is 1. The van der Waals surface area contributed by atoms with Crippen LogP contribution < -0.4 is 9.47 Å². The van der Waals surface area contributed by atoms with E-state index in [1.807, 2.05) is 34.9 Å². The van der Waals surface area contributed by atoms with Crippen LogP contribution in [0, 0.1) is 0 Å². The van der Waals surface area contributed by atoms with Gasteiger partial charge in [0.15, 0.2) is 16.7 Å². The molecule has 0 unspecified atom stereocenters. The van der Waals surface area contributed by atoms with Crippen molar-refractivity contribution in [2.75, 3.05) is 27.0 Å². The van der Waals surface area contributed by atoms with Gasteiger partial charge in [-0.05, 0) is 29.8 Å². The molecule has 0 bridgehead atoms. The first kappa shape index (κ1) is 22.7. The van der Waals surface area contributed by atoms with Crippen LogP contribution in [0.1, 0.15) is 36.9 Å². The van der Waals surface area contributed by atoms with Crippen LogP contribution in [0.25, 0.3) is 0 Å². The largest absolute Gasteiger partial charge is 0.493 e. The molecule has 31 heavy (non-hydrogen) atoms. The van der Waals surface area contributed by atoms with E-state index < -0.39 is 0 Å². The van der Waals surface area contributed by atoms with Gasteiger partial charge in [-0.2, -0.15) is 0 Å². The molecule has 8 nitrogen and oxygen atoms in total. The molecule has 0 N–H and O–H groups in total. The summed E-state index contributed by atoms with van der Waals surface area (Å²) >= 11 is 1.38. The molecule has 0 radical (unpaired) electrons. The van der Waals surface area contributed by atoms with Gasteiger partial charge in [0.1, 0.15) is 11.6 Å². The van der Waals surface area contributed by atoms with Gasteiger partial charge < -0.3 is 18.8 Å². The van der Waals surface area contributed by atoms with Crippen LogP contribution in [0.4, 0.5) is 0 Å². The molecular formula is C22H28N4O4S. The molecule has 1 amide bonds. The van der Waals surface area contributed by atoms with Crippen molar-refractivity contribution in [1.29, 1.82) is 0 Å². The Bertz CT molecular complexity index is 1000. The molecule has 166 valence electrons. The van der Waals surface area contributed by atoms with Crippen LogP contribution in [0.3, 0.4) is 0 Å². The van der Waals surface area contributed by atoms with Crippen molar-refractivity contribution >= 4 is 17.7 Å². The third-order valence-electron chi connectivity index (χ3n) is 4.77. The third kappa shape index (κ3) is 5.61. The zero-order valence-corrected chi connectivity index (χ0v) is 19.3. The average molecular weight is 445 g/mol. The van der Waals surface area contributed by atoms with Crippen molar-refractivity contribution in [3.05, 3.63) is 53.7 Å². The summed E-state index contributed by atoms with van der Waals surface area (Å²) in [4.78, 5) is 14.4. The van der Waals surface area contributed by atoms with E-state index in [-0.39, 0.29) is 17.6 Å². The maximum Gasteiger partial charge on any atom is 0.233 e. The lowest BCUT2D eigenvalue weighted by Crippen LogP contribution is -2.28. The van der Waals surface area contributed by atoms with E-state index in [1.165, 1.54) is 11.8 Å². The smallest absolute Gasteiger partial charge is 0.233 e. The molecule has 2 heterocycles. The van der Waals surface area contributed by atoms with Gasteiger partial charge in [0.05, 0.1) is 32.8 Å². The number of carbonyl (C=O) groups excluding carboxylic acids is 1. The van der Waals surface area contributed by atoms with E-state index in [4.69, 9.17) is 13.9 Å². The normalized spacial score (nSPS) is 11.0. The Balaban J connectivity index is 1.65. The highest BCUT2D eigenvalue weighted by Crippen LogP contribution is 2.28. The molecule has 0 fully saturated rings. The number of methoxy groups -OCH3 is 2. The summed E-state index contributed by atoms with van der Waals surface area (Å²) in [6, 6.07) is 9.42. The second kappa shape index (κ2) is 10.4. The number of thioether (sulfide) groups is 1. The quantitative estimate of drug-likeness (QED) is 0.440. The summed E-state index contributed by atoms with van der Waals surface area (Å²) < 4.78 is 18.1. The SMILES string of the molecule is COc1ccc(CN(C)C(=O)CSc2nnc(C(C)C)n2Cc2ccco2)cc1OC. The first-order chi connectivity index (χ1) is 14.9. The zero-order valence-electron chi connectivity index (χ0n) is 18.5. The monoisotopic (exact) mass is 444 g/mol. The second-order valence-corrected chi connectivity index (χ2v) is 8.33. The fourth-order valence-corrected chi connectivity index (χ4v) is 4.00. The number of rotatable bonds is 10. The summed E-state index contributed by atoms with van der Waals surface area (Å²) in [5.74, 6) is 3.46. The van der Waals surface area contributed by atoms with Crippen molar-refractivity contribution in [2.24, 2.45) is 0 Å². The van der Waals surface area contributed by atoms with Crippen LogP contribution in [-0.4, -0.2) is 52.6 Å². The Morgan fingerprint density at radius 2 is 1.97 bits per heavy atom. The summed E-state index contributed by atoms with van der Waals surface area (Å²) in [5, 5.41) is 9.33. The maximum absolute atomic E-state index is 12.7. The molecule has 0 aliphatic heterocycles. The molecular weight excluding hydrogens is 416 g/mol. The minimum atomic E-state index is -0.00145. The second-order valence-electron chi connectivity index (χ2n) is 7.39. The molecule has 9 heteroatoms. The van der Waals surface area contributed by atoms with E-state index in [0.717, 1.165) is 17.1 Å². The molecule has 0 aliphatic rings. The lowest BCUT2D eigenvalue weighted by Gasteiger charge is -2.18. The number of furan rings is 1. The van der Waals surface area contributed by atoms with Gasteiger partial charge in [0, 0.05) is 19.5 Å². The molecule has 0 atom stereocenters. The molecule has 3 aromatic rings. The number of nitrogens with zero attached hydrogens (tertiary/aromatic N) is 4. The van der Waals surface area contributed by atoms with E-state index >= 15 is 0 Å². The number of amides is 1. The van der Waals surface area contributed by atoms with E-state index in [2.05, 4.69) is 24.0 Å². The predicted octanol–water partition coefficient (Wildman–Crippen LogP) is 3.81. The van der Waals surface area contributed by atoms with Crippen molar-refractivity contribution < 1.29 is 18.7 Å². The van der Waals surface area contributed by atoms with Crippen LogP contribution in [0.5, 0.6) is 11.5 Å². The number of hydrogen-bond acceptors (Lipinski definition) is 7. The lowest BCUT2D eigenvalue weighted by molar-refractivity contribution is -0.127. The van der Waals surface area contributed by atoms with Gasteiger partial charge in [-0.3, -0.25) is 9.36 Å². The van der Waals surface area contributed by atoms with Gasteiger partial charge in [-0.1, -0.05) is 31.7 Å². The minimum absolute atomic E-state index is 0.00145. The van der Waals surface area contributed by atoms with Crippen molar-refractivity contribution in [2.45, 2.75) is 38.0 Å². The van der Waals surface area contributed by atoms with Crippen LogP contribution in [0.2, 0.25) is 0 Å². The standard InChI is InChI=1S/C22H28N4O4S/c1-15(2)21-23-24-22(26(21)13-17-7-6-10-30-17)31-14-20(27)25(3)12-16-8-9-18(28-4)19(11-16)29-5/h6-11,15H,12-14H2,1-5H3. The predicted molar refractivity (Wildman–Crippen MR) is 119 cm³/mol. The highest BCUT2D eigenvalue weighted by atomic mass is 32.2.